The summed E-state index contributed by atoms with van der Waals surface area (Å²) in [5.74, 6) is 0. The van der Waals surface area contributed by atoms with E-state index < -0.39 is 0 Å². The van der Waals surface area contributed by atoms with Crippen molar-refractivity contribution in [2.75, 3.05) is 4.90 Å². The highest BCUT2D eigenvalue weighted by Crippen LogP contribution is 2.41. The van der Waals surface area contributed by atoms with Gasteiger partial charge in [0.05, 0.1) is 0 Å². The third-order valence-electron chi connectivity index (χ3n) is 13.9. The summed E-state index contributed by atoms with van der Waals surface area (Å²) in [6.07, 6.45) is 0. The van der Waals surface area contributed by atoms with E-state index >= 15 is 0 Å². The molecule has 14 rings (SSSR count). The molecule has 0 spiro atoms. The Kier molecular flexibility index (Phi) is 9.17. The second-order valence-corrected chi connectivity index (χ2v) is 18.0. The van der Waals surface area contributed by atoms with Gasteiger partial charge in [0.2, 0.25) is 0 Å². The third kappa shape index (κ3) is 6.76. The van der Waals surface area contributed by atoms with Gasteiger partial charge < -0.3 is 18.2 Å². The molecule has 0 atom stereocenters. The first-order chi connectivity index (χ1) is 34.6. The molecule has 70 heavy (non-hydrogen) atoms. The molecule has 0 aliphatic rings. The number of benzene rings is 11. The van der Waals surface area contributed by atoms with Gasteiger partial charge in [0.1, 0.15) is 33.5 Å². The molecular weight excluding hydrogens is 855 g/mol. The maximum Gasteiger partial charge on any atom is 0.143 e. The van der Waals surface area contributed by atoms with Crippen molar-refractivity contribution in [3.8, 4) is 55.6 Å². The van der Waals surface area contributed by atoms with Gasteiger partial charge >= 0.3 is 0 Å². The number of nitrogens with zero attached hydrogens (tertiary/aromatic N) is 1. The van der Waals surface area contributed by atoms with Crippen molar-refractivity contribution in [3.05, 3.63) is 249 Å². The maximum absolute atomic E-state index is 6.34. The van der Waals surface area contributed by atoms with Crippen LogP contribution in [0, 0.1) is 0 Å². The molecule has 0 N–H and O–H groups in total. The molecule has 0 unspecified atom stereocenters. The second kappa shape index (κ2) is 16.2. The van der Waals surface area contributed by atoms with Crippen molar-refractivity contribution in [2.45, 2.75) is 0 Å². The fraction of sp³-hybridized carbons (Fsp3) is 0. The normalized spacial score (nSPS) is 11.7. The summed E-state index contributed by atoms with van der Waals surface area (Å²) in [7, 11) is 0. The number of hydrogen-bond donors (Lipinski definition) is 0. The smallest absolute Gasteiger partial charge is 0.143 e. The topological polar surface area (TPSA) is 42.7 Å². The van der Waals surface area contributed by atoms with E-state index in [9.17, 15) is 0 Å². The minimum Gasteiger partial charge on any atom is -0.456 e. The zero-order valence-electron chi connectivity index (χ0n) is 37.8. The maximum atomic E-state index is 6.34. The Labute approximate surface area is 403 Å². The molecule has 0 aliphatic carbocycles. The molecule has 0 aliphatic heterocycles. The Morgan fingerprint density at radius 1 is 0.214 bits per heavy atom. The Morgan fingerprint density at radius 2 is 0.529 bits per heavy atom. The van der Waals surface area contributed by atoms with Gasteiger partial charge in [-0.2, -0.15) is 0 Å². The predicted octanol–water partition coefficient (Wildman–Crippen LogP) is 19.2. The molecule has 11 aromatic carbocycles. The SMILES string of the molecule is c1ccc2c(c1)oc1ccc(-c3ccc(N(c4ccc(-c5ccc(-c6ccc(-c7cccc8c7oc7ccccc78)cc6)cc5)cc4)c4ccc(-c5ccc6oc7ccccc7c6c5)cc4)cc3)cc12. The van der Waals surface area contributed by atoms with Gasteiger partial charge in [0, 0.05) is 54.9 Å². The number of furan rings is 3. The lowest BCUT2D eigenvalue weighted by atomic mass is 9.97. The highest BCUT2D eigenvalue weighted by Gasteiger charge is 2.17. The van der Waals surface area contributed by atoms with E-state index in [-0.39, 0.29) is 0 Å². The standard InChI is InChI=1S/C66H41NO3/c1-6-15-63-55(8-1)58-12-7-11-54(66(58)70-63)48-22-20-44(21-23-48)42-16-18-43(19-17-42)45-24-32-51(33-25-45)67(52-34-26-46(27-35-52)49-30-38-64-59(40-49)56-9-2-4-13-61(56)68-64)53-36-28-47(29-37-53)50-31-39-65-60(41-50)57-10-3-5-14-62(57)69-65/h1-41H. The lowest BCUT2D eigenvalue weighted by molar-refractivity contribution is 0.668. The van der Waals surface area contributed by atoms with Gasteiger partial charge in [-0.1, -0.05) is 170 Å². The third-order valence-corrected chi connectivity index (χ3v) is 13.9. The molecule has 0 bridgehead atoms. The first-order valence-corrected chi connectivity index (χ1v) is 23.7. The van der Waals surface area contributed by atoms with E-state index in [1.807, 2.05) is 36.4 Å². The molecule has 4 nitrogen and oxygen atoms in total. The summed E-state index contributed by atoms with van der Waals surface area (Å²) in [6, 6.07) is 88.3. The van der Waals surface area contributed by atoms with Crippen LogP contribution in [0.5, 0.6) is 0 Å². The van der Waals surface area contributed by atoms with Crippen molar-refractivity contribution < 1.29 is 13.3 Å². The van der Waals surface area contributed by atoms with E-state index in [0.29, 0.717) is 0 Å². The van der Waals surface area contributed by atoms with Crippen LogP contribution in [0.2, 0.25) is 0 Å². The number of para-hydroxylation sites is 4. The first-order valence-electron chi connectivity index (χ1n) is 23.7. The molecule has 0 fully saturated rings. The quantitative estimate of drug-likeness (QED) is 0.152. The lowest BCUT2D eigenvalue weighted by Gasteiger charge is -2.26. The molecule has 0 saturated heterocycles. The Hall–Kier alpha value is -9.38. The molecule has 328 valence electrons. The molecule has 0 saturated carbocycles. The van der Waals surface area contributed by atoms with Crippen LogP contribution in [0.4, 0.5) is 17.1 Å². The number of anilines is 3. The molecule has 3 heterocycles. The van der Waals surface area contributed by atoms with E-state index in [1.54, 1.807) is 0 Å². The van der Waals surface area contributed by atoms with Crippen molar-refractivity contribution in [1.82, 2.24) is 0 Å². The van der Waals surface area contributed by atoms with Crippen LogP contribution in [-0.4, -0.2) is 0 Å². The largest absolute Gasteiger partial charge is 0.456 e. The highest BCUT2D eigenvalue weighted by atomic mass is 16.3. The fourth-order valence-corrected chi connectivity index (χ4v) is 10.3. The minimum atomic E-state index is 0.897. The van der Waals surface area contributed by atoms with E-state index in [4.69, 9.17) is 13.3 Å². The number of rotatable bonds is 8. The Morgan fingerprint density at radius 3 is 0.971 bits per heavy atom. The first kappa shape index (κ1) is 39.8. The fourth-order valence-electron chi connectivity index (χ4n) is 10.3. The van der Waals surface area contributed by atoms with Crippen LogP contribution >= 0.6 is 0 Å². The zero-order chi connectivity index (χ0) is 46.1. The van der Waals surface area contributed by atoms with Crippen LogP contribution in [0.15, 0.2) is 262 Å². The summed E-state index contributed by atoms with van der Waals surface area (Å²) < 4.78 is 18.6. The predicted molar refractivity (Wildman–Crippen MR) is 290 cm³/mol. The van der Waals surface area contributed by atoms with Crippen LogP contribution in [0.1, 0.15) is 0 Å². The van der Waals surface area contributed by atoms with Crippen molar-refractivity contribution in [1.29, 1.82) is 0 Å². The summed E-state index contributed by atoms with van der Waals surface area (Å²) in [5, 5.41) is 6.78. The molecule has 3 aromatic heterocycles. The van der Waals surface area contributed by atoms with Gasteiger partial charge in [0.25, 0.3) is 0 Å². The molecule has 4 heteroatoms. The van der Waals surface area contributed by atoms with Gasteiger partial charge in [-0.05, 0) is 129 Å². The monoisotopic (exact) mass is 895 g/mol. The summed E-state index contributed by atoms with van der Waals surface area (Å²) >= 11 is 0. The minimum absolute atomic E-state index is 0.897. The lowest BCUT2D eigenvalue weighted by Crippen LogP contribution is -2.09. The highest BCUT2D eigenvalue weighted by molar-refractivity contribution is 6.10. The van der Waals surface area contributed by atoms with Crippen molar-refractivity contribution >= 4 is 82.9 Å². The molecule has 0 radical (unpaired) electrons. The number of fused-ring (bicyclic) bond motifs is 9. The van der Waals surface area contributed by atoms with Crippen LogP contribution < -0.4 is 4.90 Å². The van der Waals surface area contributed by atoms with Crippen LogP contribution in [0.3, 0.4) is 0 Å². The van der Waals surface area contributed by atoms with Crippen LogP contribution in [0.25, 0.3) is 121 Å². The average Bonchev–Trinajstić information content (AvgIpc) is 4.13. The van der Waals surface area contributed by atoms with Gasteiger partial charge in [-0.15, -0.1) is 0 Å². The molecule has 0 amide bonds. The van der Waals surface area contributed by atoms with E-state index in [0.717, 1.165) is 127 Å². The Balaban J connectivity index is 0.767. The number of hydrogen-bond acceptors (Lipinski definition) is 4. The summed E-state index contributed by atoms with van der Waals surface area (Å²) in [4.78, 5) is 2.33. The average molecular weight is 896 g/mol. The van der Waals surface area contributed by atoms with E-state index in [2.05, 4.69) is 217 Å². The van der Waals surface area contributed by atoms with Crippen LogP contribution in [-0.2, 0) is 0 Å². The van der Waals surface area contributed by atoms with Gasteiger partial charge in [-0.25, -0.2) is 0 Å². The van der Waals surface area contributed by atoms with Gasteiger partial charge in [-0.3, -0.25) is 0 Å². The zero-order valence-corrected chi connectivity index (χ0v) is 37.8. The molecule has 14 aromatic rings. The van der Waals surface area contributed by atoms with Gasteiger partial charge in [0.15, 0.2) is 0 Å². The summed E-state index contributed by atoms with van der Waals surface area (Å²) in [5.41, 5.74) is 20.1. The Bertz CT molecular complexity index is 4090. The van der Waals surface area contributed by atoms with E-state index in [1.165, 1.54) is 11.1 Å². The molecular formula is C66H41NO3. The van der Waals surface area contributed by atoms with Crippen molar-refractivity contribution in [3.63, 3.8) is 0 Å². The van der Waals surface area contributed by atoms with Crippen molar-refractivity contribution in [2.24, 2.45) is 0 Å². The summed E-state index contributed by atoms with van der Waals surface area (Å²) in [6.45, 7) is 0. The second-order valence-electron chi connectivity index (χ2n) is 18.0.